The van der Waals surface area contributed by atoms with Crippen LogP contribution in [-0.4, -0.2) is 46.8 Å². The number of rotatable bonds is 4. The lowest BCUT2D eigenvalue weighted by Gasteiger charge is -2.35. The lowest BCUT2D eigenvalue weighted by molar-refractivity contribution is -0.130. The van der Waals surface area contributed by atoms with Crippen LogP contribution < -0.4 is 10.5 Å². The lowest BCUT2D eigenvalue weighted by Crippen LogP contribution is -2.49. The third kappa shape index (κ3) is 4.10. The van der Waals surface area contributed by atoms with Crippen molar-refractivity contribution in [3.8, 4) is 5.69 Å². The fraction of sp³-hybridized carbons (Fsp3) is 0.250. The molecule has 0 bridgehead atoms. The smallest absolute Gasteiger partial charge is 0.271 e. The molecule has 144 valence electrons. The van der Waals surface area contributed by atoms with Gasteiger partial charge in [0, 0.05) is 42.1 Å². The molecular formula is C20H19ClN4O2S. The number of piperazine rings is 1. The topological polar surface area (TPSA) is 58.4 Å². The molecule has 0 saturated carbocycles. The van der Waals surface area contributed by atoms with E-state index >= 15 is 0 Å². The van der Waals surface area contributed by atoms with Crippen LogP contribution in [0.15, 0.2) is 58.7 Å². The Hall–Kier alpha value is -2.64. The maximum absolute atomic E-state index is 12.5. The zero-order valence-corrected chi connectivity index (χ0v) is 16.7. The summed E-state index contributed by atoms with van der Waals surface area (Å²) in [6.45, 7) is 2.65. The van der Waals surface area contributed by atoms with E-state index < -0.39 is 0 Å². The summed E-state index contributed by atoms with van der Waals surface area (Å²) in [5, 5.41) is 7.11. The largest absolute Gasteiger partial charge is 0.352 e. The predicted octanol–water partition coefficient (Wildman–Crippen LogP) is 2.84. The number of amides is 1. The SMILES string of the molecule is O=C(Cc1cccs1)N1CCN(c2ccc(=O)n(-c3ccc(Cl)cc3)n2)CC1. The Morgan fingerprint density at radius 3 is 2.46 bits per heavy atom. The number of hydrogen-bond acceptors (Lipinski definition) is 5. The van der Waals surface area contributed by atoms with Crippen LogP contribution in [0.5, 0.6) is 0 Å². The van der Waals surface area contributed by atoms with Crippen molar-refractivity contribution in [3.05, 3.63) is 74.2 Å². The Balaban J connectivity index is 1.44. The molecule has 1 fully saturated rings. The summed E-state index contributed by atoms with van der Waals surface area (Å²) in [6, 6.07) is 14.2. The van der Waals surface area contributed by atoms with Gasteiger partial charge in [0.1, 0.15) is 5.82 Å². The van der Waals surface area contributed by atoms with Gasteiger partial charge in [0.25, 0.3) is 5.56 Å². The highest BCUT2D eigenvalue weighted by Crippen LogP contribution is 2.16. The van der Waals surface area contributed by atoms with Crippen LogP contribution in [0, 0.1) is 0 Å². The molecule has 0 N–H and O–H groups in total. The molecule has 8 heteroatoms. The maximum atomic E-state index is 12.5. The van der Waals surface area contributed by atoms with Crippen molar-refractivity contribution in [1.29, 1.82) is 0 Å². The van der Waals surface area contributed by atoms with Gasteiger partial charge in [-0.05, 0) is 41.8 Å². The summed E-state index contributed by atoms with van der Waals surface area (Å²) in [7, 11) is 0. The highest BCUT2D eigenvalue weighted by atomic mass is 35.5. The second-order valence-corrected chi connectivity index (χ2v) is 8.01. The number of aromatic nitrogens is 2. The molecule has 4 rings (SSSR count). The number of halogens is 1. The van der Waals surface area contributed by atoms with E-state index in [4.69, 9.17) is 11.6 Å². The molecule has 1 amide bonds. The van der Waals surface area contributed by atoms with E-state index in [0.717, 1.165) is 10.7 Å². The Bertz CT molecular complexity index is 1010. The van der Waals surface area contributed by atoms with Gasteiger partial charge < -0.3 is 9.80 Å². The summed E-state index contributed by atoms with van der Waals surface area (Å²) in [5.41, 5.74) is 0.469. The van der Waals surface area contributed by atoms with Crippen LogP contribution in [0.4, 0.5) is 5.82 Å². The van der Waals surface area contributed by atoms with Gasteiger partial charge in [-0.25, -0.2) is 0 Å². The van der Waals surface area contributed by atoms with Crippen molar-refractivity contribution >= 4 is 34.7 Å². The molecule has 2 aromatic heterocycles. The molecule has 0 aliphatic carbocycles. The predicted molar refractivity (Wildman–Crippen MR) is 112 cm³/mol. The van der Waals surface area contributed by atoms with Crippen LogP contribution in [0.1, 0.15) is 4.88 Å². The molecule has 1 aliphatic heterocycles. The van der Waals surface area contributed by atoms with E-state index in [1.165, 1.54) is 10.7 Å². The second kappa shape index (κ2) is 8.16. The van der Waals surface area contributed by atoms with Crippen LogP contribution in [0.25, 0.3) is 5.69 Å². The fourth-order valence-corrected chi connectivity index (χ4v) is 4.02. The molecule has 1 aromatic carbocycles. The number of nitrogens with zero attached hydrogens (tertiary/aromatic N) is 4. The number of thiophene rings is 1. The molecule has 3 heterocycles. The summed E-state index contributed by atoms with van der Waals surface area (Å²) >= 11 is 7.53. The second-order valence-electron chi connectivity index (χ2n) is 6.54. The van der Waals surface area contributed by atoms with E-state index in [2.05, 4.69) is 10.00 Å². The average molecular weight is 415 g/mol. The normalized spacial score (nSPS) is 14.3. The minimum atomic E-state index is -0.198. The van der Waals surface area contributed by atoms with Gasteiger partial charge in [-0.15, -0.1) is 16.4 Å². The van der Waals surface area contributed by atoms with Gasteiger partial charge in [-0.3, -0.25) is 9.59 Å². The van der Waals surface area contributed by atoms with E-state index in [0.29, 0.717) is 43.3 Å². The summed E-state index contributed by atoms with van der Waals surface area (Å²) in [6.07, 6.45) is 0.456. The molecule has 1 saturated heterocycles. The Kier molecular flexibility index (Phi) is 5.45. The van der Waals surface area contributed by atoms with Gasteiger partial charge in [0.15, 0.2) is 0 Å². The first kappa shape index (κ1) is 18.7. The first-order valence-electron chi connectivity index (χ1n) is 9.01. The highest BCUT2D eigenvalue weighted by molar-refractivity contribution is 7.10. The average Bonchev–Trinajstić information content (AvgIpc) is 3.22. The molecular weight excluding hydrogens is 396 g/mol. The number of carbonyl (C=O) groups excluding carboxylic acids is 1. The van der Waals surface area contributed by atoms with Gasteiger partial charge in [-0.1, -0.05) is 17.7 Å². The zero-order chi connectivity index (χ0) is 19.5. The van der Waals surface area contributed by atoms with Crippen molar-refractivity contribution in [1.82, 2.24) is 14.7 Å². The monoisotopic (exact) mass is 414 g/mol. The number of hydrogen-bond donors (Lipinski definition) is 0. The zero-order valence-electron chi connectivity index (χ0n) is 15.1. The molecule has 1 aliphatic rings. The molecule has 0 spiro atoms. The van der Waals surface area contributed by atoms with Gasteiger partial charge in [-0.2, -0.15) is 4.68 Å². The molecule has 0 radical (unpaired) electrons. The van der Waals surface area contributed by atoms with Crippen molar-refractivity contribution in [2.45, 2.75) is 6.42 Å². The van der Waals surface area contributed by atoms with Crippen LogP contribution in [0.3, 0.4) is 0 Å². The minimum Gasteiger partial charge on any atom is -0.352 e. The Morgan fingerprint density at radius 1 is 1.04 bits per heavy atom. The van der Waals surface area contributed by atoms with Gasteiger partial charge in [0.2, 0.25) is 5.91 Å². The standard InChI is InChI=1S/C20H19ClN4O2S/c21-15-3-5-16(6-4-15)25-19(26)8-7-18(22-25)23-9-11-24(12-10-23)20(27)14-17-2-1-13-28-17/h1-8,13H,9-12,14H2. The van der Waals surface area contributed by atoms with Crippen molar-refractivity contribution in [2.24, 2.45) is 0 Å². The summed E-state index contributed by atoms with van der Waals surface area (Å²) in [5.74, 6) is 0.876. The van der Waals surface area contributed by atoms with Crippen molar-refractivity contribution < 1.29 is 4.79 Å². The third-order valence-electron chi connectivity index (χ3n) is 4.72. The van der Waals surface area contributed by atoms with E-state index in [-0.39, 0.29) is 11.5 Å². The molecule has 6 nitrogen and oxygen atoms in total. The number of carbonyl (C=O) groups is 1. The van der Waals surface area contributed by atoms with Crippen LogP contribution in [0.2, 0.25) is 5.02 Å². The van der Waals surface area contributed by atoms with Gasteiger partial charge >= 0.3 is 0 Å². The highest BCUT2D eigenvalue weighted by Gasteiger charge is 2.22. The minimum absolute atomic E-state index is 0.154. The quantitative estimate of drug-likeness (QED) is 0.658. The fourth-order valence-electron chi connectivity index (χ4n) is 3.20. The first-order valence-corrected chi connectivity index (χ1v) is 10.3. The molecule has 3 aromatic rings. The summed E-state index contributed by atoms with van der Waals surface area (Å²) in [4.78, 5) is 29.8. The van der Waals surface area contributed by atoms with Crippen molar-refractivity contribution in [2.75, 3.05) is 31.1 Å². The molecule has 0 atom stereocenters. The lowest BCUT2D eigenvalue weighted by atomic mass is 10.2. The molecule has 0 unspecified atom stereocenters. The van der Waals surface area contributed by atoms with Gasteiger partial charge in [0.05, 0.1) is 12.1 Å². The van der Waals surface area contributed by atoms with E-state index in [1.807, 2.05) is 22.4 Å². The van der Waals surface area contributed by atoms with Crippen molar-refractivity contribution in [3.63, 3.8) is 0 Å². The number of benzene rings is 1. The third-order valence-corrected chi connectivity index (χ3v) is 5.85. The first-order chi connectivity index (χ1) is 13.6. The van der Waals surface area contributed by atoms with Crippen LogP contribution >= 0.6 is 22.9 Å². The Morgan fingerprint density at radius 2 is 1.79 bits per heavy atom. The maximum Gasteiger partial charge on any atom is 0.271 e. The van der Waals surface area contributed by atoms with Crippen LogP contribution in [-0.2, 0) is 11.2 Å². The summed E-state index contributed by atoms with van der Waals surface area (Å²) < 4.78 is 1.37. The van der Waals surface area contributed by atoms with E-state index in [1.54, 1.807) is 41.7 Å². The number of anilines is 1. The molecule has 28 heavy (non-hydrogen) atoms. The Labute approximate surface area is 171 Å². The van der Waals surface area contributed by atoms with E-state index in [9.17, 15) is 9.59 Å².